The molecule has 0 saturated carbocycles. The molecule has 0 amide bonds. The first-order chi connectivity index (χ1) is 6.95. The third-order valence-electron chi connectivity index (χ3n) is 2.30. The second-order valence-electron chi connectivity index (χ2n) is 3.44. The lowest BCUT2D eigenvalue weighted by atomic mass is 10.1. The molecule has 0 unspecified atom stereocenters. The van der Waals surface area contributed by atoms with Crippen molar-refractivity contribution < 1.29 is 0 Å². The van der Waals surface area contributed by atoms with E-state index < -0.39 is 0 Å². The van der Waals surface area contributed by atoms with Crippen LogP contribution in [0.15, 0.2) is 71.9 Å². The van der Waals surface area contributed by atoms with E-state index in [1.165, 1.54) is 11.1 Å². The highest BCUT2D eigenvalue weighted by Crippen LogP contribution is 2.14. The maximum atomic E-state index is 2.19. The molecule has 0 fully saturated rings. The standard InChI is InChI=1S/C14H14/c1-2-4-8-13(7-3-1)11-12-14-9-5-6-10-14/h1,3-9,11-12H,2,10H2/b12-11+. The lowest BCUT2D eigenvalue weighted by molar-refractivity contribution is 1.33. The fourth-order valence-electron chi connectivity index (χ4n) is 1.50. The third kappa shape index (κ3) is 2.46. The van der Waals surface area contributed by atoms with Crippen molar-refractivity contribution in [3.05, 3.63) is 71.9 Å². The van der Waals surface area contributed by atoms with E-state index >= 15 is 0 Å². The van der Waals surface area contributed by atoms with Gasteiger partial charge in [0.25, 0.3) is 0 Å². The van der Waals surface area contributed by atoms with Gasteiger partial charge >= 0.3 is 0 Å². The van der Waals surface area contributed by atoms with Crippen LogP contribution in [0.5, 0.6) is 0 Å². The van der Waals surface area contributed by atoms with Crippen molar-refractivity contribution in [1.29, 1.82) is 0 Å². The molecule has 2 aliphatic carbocycles. The molecule has 0 atom stereocenters. The SMILES string of the molecule is C1=CCC=CC(/C=C/C2=CC=CC2)=C1. The lowest BCUT2D eigenvalue weighted by Crippen LogP contribution is -1.72. The number of hydrogen-bond donors (Lipinski definition) is 0. The predicted octanol–water partition coefficient (Wildman–Crippen LogP) is 3.87. The van der Waals surface area contributed by atoms with E-state index in [2.05, 4.69) is 60.8 Å². The van der Waals surface area contributed by atoms with Crippen LogP contribution in [0, 0.1) is 0 Å². The molecular weight excluding hydrogens is 168 g/mol. The van der Waals surface area contributed by atoms with Crippen molar-refractivity contribution in [3.63, 3.8) is 0 Å². The second-order valence-corrected chi connectivity index (χ2v) is 3.44. The van der Waals surface area contributed by atoms with Gasteiger partial charge in [0.2, 0.25) is 0 Å². The lowest BCUT2D eigenvalue weighted by Gasteiger charge is -1.92. The topological polar surface area (TPSA) is 0 Å². The Hall–Kier alpha value is -1.56. The van der Waals surface area contributed by atoms with Crippen molar-refractivity contribution in [2.75, 3.05) is 0 Å². The van der Waals surface area contributed by atoms with Gasteiger partial charge < -0.3 is 0 Å². The summed E-state index contributed by atoms with van der Waals surface area (Å²) in [5.74, 6) is 0. The van der Waals surface area contributed by atoms with Crippen LogP contribution in [0.3, 0.4) is 0 Å². The molecule has 0 aromatic rings. The van der Waals surface area contributed by atoms with E-state index in [0.717, 1.165) is 12.8 Å². The summed E-state index contributed by atoms with van der Waals surface area (Å²) >= 11 is 0. The highest BCUT2D eigenvalue weighted by molar-refractivity contribution is 5.41. The minimum atomic E-state index is 1.04. The maximum absolute atomic E-state index is 2.19. The van der Waals surface area contributed by atoms with Gasteiger partial charge in [-0.05, 0) is 24.0 Å². The normalized spacial score (nSPS) is 20.0. The van der Waals surface area contributed by atoms with Gasteiger partial charge in [0, 0.05) is 0 Å². The van der Waals surface area contributed by atoms with E-state index in [1.54, 1.807) is 0 Å². The summed E-state index contributed by atoms with van der Waals surface area (Å²) in [5, 5.41) is 0. The minimum Gasteiger partial charge on any atom is -0.0807 e. The molecule has 0 saturated heterocycles. The summed E-state index contributed by atoms with van der Waals surface area (Å²) in [7, 11) is 0. The van der Waals surface area contributed by atoms with Crippen LogP contribution in [0.4, 0.5) is 0 Å². The molecule has 0 heteroatoms. The molecule has 0 aromatic carbocycles. The summed E-state index contributed by atoms with van der Waals surface area (Å²) in [5.41, 5.74) is 2.65. The largest absolute Gasteiger partial charge is 0.0807 e. The predicted molar refractivity (Wildman–Crippen MR) is 62.0 cm³/mol. The van der Waals surface area contributed by atoms with Gasteiger partial charge in [-0.15, -0.1) is 0 Å². The monoisotopic (exact) mass is 182 g/mol. The second kappa shape index (κ2) is 4.61. The fourth-order valence-corrected chi connectivity index (χ4v) is 1.50. The van der Waals surface area contributed by atoms with E-state index in [1.807, 2.05) is 0 Å². The Labute approximate surface area is 85.3 Å². The van der Waals surface area contributed by atoms with Crippen molar-refractivity contribution in [1.82, 2.24) is 0 Å². The highest BCUT2D eigenvalue weighted by atomic mass is 14.0. The molecule has 0 nitrogen and oxygen atoms in total. The molecule has 0 bridgehead atoms. The Morgan fingerprint density at radius 3 is 2.71 bits per heavy atom. The zero-order valence-electron chi connectivity index (χ0n) is 8.19. The Bertz CT molecular complexity index is 371. The average Bonchev–Trinajstić information content (AvgIpc) is 2.58. The molecule has 2 rings (SSSR count). The Kier molecular flexibility index (Phi) is 2.97. The van der Waals surface area contributed by atoms with Crippen molar-refractivity contribution in [2.24, 2.45) is 0 Å². The third-order valence-corrected chi connectivity index (χ3v) is 2.30. The van der Waals surface area contributed by atoms with Crippen LogP contribution in [-0.2, 0) is 0 Å². The first-order valence-corrected chi connectivity index (χ1v) is 5.02. The van der Waals surface area contributed by atoms with Crippen LogP contribution in [0.25, 0.3) is 0 Å². The first kappa shape index (κ1) is 9.01. The molecule has 0 aliphatic heterocycles. The van der Waals surface area contributed by atoms with Gasteiger partial charge in [0.05, 0.1) is 0 Å². The minimum absolute atomic E-state index is 1.04. The Morgan fingerprint density at radius 2 is 1.86 bits per heavy atom. The van der Waals surface area contributed by atoms with Crippen molar-refractivity contribution >= 4 is 0 Å². The molecule has 0 N–H and O–H groups in total. The molecule has 0 spiro atoms. The molecule has 14 heavy (non-hydrogen) atoms. The molecule has 0 aromatic heterocycles. The fraction of sp³-hybridized carbons (Fsp3) is 0.143. The number of rotatable bonds is 2. The summed E-state index contributed by atoms with van der Waals surface area (Å²) in [6, 6.07) is 0. The summed E-state index contributed by atoms with van der Waals surface area (Å²) in [4.78, 5) is 0. The van der Waals surface area contributed by atoms with E-state index in [4.69, 9.17) is 0 Å². The van der Waals surface area contributed by atoms with Gasteiger partial charge in [-0.2, -0.15) is 0 Å². The zero-order chi connectivity index (χ0) is 9.64. The average molecular weight is 182 g/mol. The van der Waals surface area contributed by atoms with Gasteiger partial charge in [-0.3, -0.25) is 0 Å². The van der Waals surface area contributed by atoms with Gasteiger partial charge in [0.1, 0.15) is 0 Å². The Morgan fingerprint density at radius 1 is 0.929 bits per heavy atom. The van der Waals surface area contributed by atoms with Gasteiger partial charge in [-0.1, -0.05) is 60.8 Å². The molecule has 0 heterocycles. The number of allylic oxidation sites excluding steroid dienone is 12. The van der Waals surface area contributed by atoms with Crippen LogP contribution in [0.2, 0.25) is 0 Å². The highest BCUT2D eigenvalue weighted by Gasteiger charge is 1.93. The zero-order valence-corrected chi connectivity index (χ0v) is 8.19. The number of hydrogen-bond acceptors (Lipinski definition) is 0. The van der Waals surface area contributed by atoms with Crippen LogP contribution < -0.4 is 0 Å². The van der Waals surface area contributed by atoms with E-state index in [0.29, 0.717) is 0 Å². The summed E-state index contributed by atoms with van der Waals surface area (Å²) in [6.45, 7) is 0. The van der Waals surface area contributed by atoms with Gasteiger partial charge in [-0.25, -0.2) is 0 Å². The van der Waals surface area contributed by atoms with Crippen molar-refractivity contribution in [2.45, 2.75) is 12.8 Å². The summed E-state index contributed by atoms with van der Waals surface area (Å²) < 4.78 is 0. The molecule has 2 aliphatic rings. The van der Waals surface area contributed by atoms with E-state index in [9.17, 15) is 0 Å². The van der Waals surface area contributed by atoms with Crippen LogP contribution in [0.1, 0.15) is 12.8 Å². The van der Waals surface area contributed by atoms with E-state index in [-0.39, 0.29) is 0 Å². The van der Waals surface area contributed by atoms with Crippen molar-refractivity contribution in [3.8, 4) is 0 Å². The molecule has 0 radical (unpaired) electrons. The molecule has 70 valence electrons. The molecular formula is C14H14. The maximum Gasteiger partial charge on any atom is -0.00943 e. The summed E-state index contributed by atoms with van der Waals surface area (Å²) in [6.07, 6.45) is 23.7. The first-order valence-electron chi connectivity index (χ1n) is 5.02. The van der Waals surface area contributed by atoms with Crippen LogP contribution in [-0.4, -0.2) is 0 Å². The smallest absolute Gasteiger partial charge is 0.00943 e. The van der Waals surface area contributed by atoms with Gasteiger partial charge in [0.15, 0.2) is 0 Å². The Balaban J connectivity index is 2.02. The quantitative estimate of drug-likeness (QED) is 0.608. The van der Waals surface area contributed by atoms with Crippen LogP contribution >= 0.6 is 0 Å².